The van der Waals surface area contributed by atoms with Gasteiger partial charge in [0.05, 0.1) is 13.2 Å². The Morgan fingerprint density at radius 2 is 1.72 bits per heavy atom. The Bertz CT molecular complexity index is 666. The first kappa shape index (κ1) is 20.1. The number of rotatable bonds is 10. The molecule has 0 saturated carbocycles. The molecule has 0 aliphatic heterocycles. The summed E-state index contributed by atoms with van der Waals surface area (Å²) in [6.45, 7) is 10.3. The van der Waals surface area contributed by atoms with Gasteiger partial charge in [0, 0.05) is 16.1 Å². The Labute approximate surface area is 161 Å². The molecule has 2 aromatic carbocycles. The van der Waals surface area contributed by atoms with Crippen LogP contribution in [0.1, 0.15) is 46.1 Å². The van der Waals surface area contributed by atoms with E-state index in [9.17, 15) is 0 Å². The molecule has 0 bridgehead atoms. The Kier molecular flexibility index (Phi) is 8.08. The lowest BCUT2D eigenvalue weighted by atomic mass is 10.0. The number of halogens is 1. The summed E-state index contributed by atoms with van der Waals surface area (Å²) >= 11 is 3.55. The summed E-state index contributed by atoms with van der Waals surface area (Å²) in [5.74, 6) is 3.10. The Hall–Kier alpha value is -1.22. The molecule has 0 aliphatic carbocycles. The number of alkyl halides is 1. The highest BCUT2D eigenvalue weighted by molar-refractivity contribution is 9.09. The summed E-state index contributed by atoms with van der Waals surface area (Å²) in [6, 6.07) is 10.6. The molecule has 0 heterocycles. The van der Waals surface area contributed by atoms with E-state index in [2.05, 4.69) is 74.0 Å². The van der Waals surface area contributed by atoms with Crippen LogP contribution in [0.25, 0.3) is 10.8 Å². The monoisotopic (exact) mass is 406 g/mol. The van der Waals surface area contributed by atoms with Gasteiger partial charge >= 0.3 is 0 Å². The van der Waals surface area contributed by atoms with Crippen LogP contribution in [-0.4, -0.2) is 18.5 Å². The average molecular weight is 407 g/mol. The zero-order chi connectivity index (χ0) is 18.2. The number of aryl methyl sites for hydroxylation is 1. The van der Waals surface area contributed by atoms with Gasteiger partial charge in [-0.2, -0.15) is 0 Å². The zero-order valence-electron chi connectivity index (χ0n) is 16.0. The average Bonchev–Trinajstić information content (AvgIpc) is 2.63. The minimum Gasteiger partial charge on any atom is -0.493 e. The summed E-state index contributed by atoms with van der Waals surface area (Å²) in [5, 5.41) is 3.33. The Morgan fingerprint density at radius 3 is 2.32 bits per heavy atom. The predicted octanol–water partition coefficient (Wildman–Crippen LogP) is 6.63. The van der Waals surface area contributed by atoms with Crippen molar-refractivity contribution in [2.75, 3.05) is 18.5 Å². The zero-order valence-corrected chi connectivity index (χ0v) is 17.6. The third-order valence-electron chi connectivity index (χ3n) is 4.55. The quantitative estimate of drug-likeness (QED) is 0.412. The van der Waals surface area contributed by atoms with E-state index in [-0.39, 0.29) is 0 Å². The summed E-state index contributed by atoms with van der Waals surface area (Å²) < 4.78 is 12.5. The van der Waals surface area contributed by atoms with Gasteiger partial charge in [0.1, 0.15) is 11.5 Å². The third-order valence-corrected chi connectivity index (χ3v) is 5.00. The molecule has 0 spiro atoms. The molecule has 0 fully saturated rings. The van der Waals surface area contributed by atoms with Crippen molar-refractivity contribution < 1.29 is 9.47 Å². The van der Waals surface area contributed by atoms with Crippen molar-refractivity contribution in [3.05, 3.63) is 35.9 Å². The molecule has 25 heavy (non-hydrogen) atoms. The number of hydrogen-bond acceptors (Lipinski definition) is 2. The van der Waals surface area contributed by atoms with E-state index < -0.39 is 0 Å². The van der Waals surface area contributed by atoms with Gasteiger partial charge in [0.25, 0.3) is 0 Å². The van der Waals surface area contributed by atoms with Crippen LogP contribution in [0, 0.1) is 11.8 Å². The van der Waals surface area contributed by atoms with E-state index in [0.29, 0.717) is 11.8 Å². The van der Waals surface area contributed by atoms with Gasteiger partial charge in [-0.05, 0) is 36.3 Å². The summed E-state index contributed by atoms with van der Waals surface area (Å²) in [4.78, 5) is 0. The fourth-order valence-corrected chi connectivity index (χ4v) is 3.59. The van der Waals surface area contributed by atoms with Crippen LogP contribution < -0.4 is 9.47 Å². The number of hydrogen-bond donors (Lipinski definition) is 0. The second-order valence-corrected chi connectivity index (χ2v) is 7.82. The van der Waals surface area contributed by atoms with Gasteiger partial charge in [-0.1, -0.05) is 74.3 Å². The maximum absolute atomic E-state index is 6.27. The summed E-state index contributed by atoms with van der Waals surface area (Å²) in [5.41, 5.74) is 1.22. The Morgan fingerprint density at radius 1 is 1.00 bits per heavy atom. The predicted molar refractivity (Wildman–Crippen MR) is 111 cm³/mol. The standard InChI is InChI=1S/C22H31BrO2/c1-5-17(11-12-23)15-24-21-13-18(6-2)22(25-14-16(3)4)20-10-8-7-9-19(20)21/h7-10,13,16-17H,5-6,11-12,14-15H2,1-4H3. The largest absolute Gasteiger partial charge is 0.493 e. The topological polar surface area (TPSA) is 18.5 Å². The van der Waals surface area contributed by atoms with Crippen molar-refractivity contribution in [1.82, 2.24) is 0 Å². The van der Waals surface area contributed by atoms with Crippen LogP contribution in [0.15, 0.2) is 30.3 Å². The third kappa shape index (κ3) is 5.37. The number of benzene rings is 2. The molecule has 1 unspecified atom stereocenters. The van der Waals surface area contributed by atoms with Gasteiger partial charge in [-0.25, -0.2) is 0 Å². The highest BCUT2D eigenvalue weighted by atomic mass is 79.9. The minimum atomic E-state index is 0.508. The van der Waals surface area contributed by atoms with Crippen LogP contribution in [0.5, 0.6) is 11.5 Å². The molecule has 0 radical (unpaired) electrons. The van der Waals surface area contributed by atoms with Gasteiger partial charge in [0.15, 0.2) is 0 Å². The van der Waals surface area contributed by atoms with Crippen molar-refractivity contribution in [1.29, 1.82) is 0 Å². The van der Waals surface area contributed by atoms with Gasteiger partial charge < -0.3 is 9.47 Å². The van der Waals surface area contributed by atoms with Crippen LogP contribution in [0.2, 0.25) is 0 Å². The molecule has 2 rings (SSSR count). The molecular weight excluding hydrogens is 376 g/mol. The van der Waals surface area contributed by atoms with E-state index in [4.69, 9.17) is 9.47 Å². The van der Waals surface area contributed by atoms with Gasteiger partial charge in [0.2, 0.25) is 0 Å². The molecule has 2 nitrogen and oxygen atoms in total. The lowest BCUT2D eigenvalue weighted by Gasteiger charge is -2.20. The van der Waals surface area contributed by atoms with Crippen molar-refractivity contribution in [3.63, 3.8) is 0 Å². The fraction of sp³-hybridized carbons (Fsp3) is 0.545. The lowest BCUT2D eigenvalue weighted by molar-refractivity contribution is 0.243. The highest BCUT2D eigenvalue weighted by Gasteiger charge is 2.15. The van der Waals surface area contributed by atoms with Crippen LogP contribution in [-0.2, 0) is 6.42 Å². The van der Waals surface area contributed by atoms with Crippen LogP contribution in [0.3, 0.4) is 0 Å². The van der Waals surface area contributed by atoms with E-state index in [1.54, 1.807) is 0 Å². The maximum Gasteiger partial charge on any atom is 0.130 e. The lowest BCUT2D eigenvalue weighted by Crippen LogP contribution is -2.12. The minimum absolute atomic E-state index is 0.508. The van der Waals surface area contributed by atoms with E-state index >= 15 is 0 Å². The van der Waals surface area contributed by atoms with E-state index in [1.807, 2.05) is 0 Å². The molecule has 0 N–H and O–H groups in total. The van der Waals surface area contributed by atoms with Crippen molar-refractivity contribution in [3.8, 4) is 11.5 Å². The second kappa shape index (κ2) is 10.1. The molecule has 0 aromatic heterocycles. The highest BCUT2D eigenvalue weighted by Crippen LogP contribution is 2.37. The van der Waals surface area contributed by atoms with E-state index in [0.717, 1.165) is 60.1 Å². The molecule has 1 atom stereocenters. The smallest absolute Gasteiger partial charge is 0.130 e. The van der Waals surface area contributed by atoms with Gasteiger partial charge in [-0.3, -0.25) is 0 Å². The molecule has 0 saturated heterocycles. The van der Waals surface area contributed by atoms with Crippen molar-refractivity contribution in [2.24, 2.45) is 11.8 Å². The maximum atomic E-state index is 6.27. The molecule has 2 aromatic rings. The van der Waals surface area contributed by atoms with Crippen LogP contribution in [0.4, 0.5) is 0 Å². The van der Waals surface area contributed by atoms with Crippen molar-refractivity contribution >= 4 is 26.7 Å². The fourth-order valence-electron chi connectivity index (χ4n) is 2.94. The molecule has 0 aliphatic rings. The number of ether oxygens (including phenoxy) is 2. The molecule has 138 valence electrons. The van der Waals surface area contributed by atoms with Crippen LogP contribution >= 0.6 is 15.9 Å². The Balaban J connectivity index is 2.36. The second-order valence-electron chi connectivity index (χ2n) is 7.03. The molecule has 0 amide bonds. The summed E-state index contributed by atoms with van der Waals surface area (Å²) in [6.07, 6.45) is 3.22. The number of fused-ring (bicyclic) bond motifs is 1. The van der Waals surface area contributed by atoms with Crippen molar-refractivity contribution in [2.45, 2.75) is 47.0 Å². The molecule has 3 heteroatoms. The SMILES string of the molecule is CCc1cc(OCC(CC)CCBr)c2ccccc2c1OCC(C)C. The molecular formula is C22H31BrO2. The van der Waals surface area contributed by atoms with E-state index in [1.165, 1.54) is 5.56 Å². The van der Waals surface area contributed by atoms with Gasteiger partial charge in [-0.15, -0.1) is 0 Å². The summed E-state index contributed by atoms with van der Waals surface area (Å²) in [7, 11) is 0. The first-order valence-electron chi connectivity index (χ1n) is 9.46. The first-order valence-corrected chi connectivity index (χ1v) is 10.6. The normalized spacial score (nSPS) is 12.6. The first-order chi connectivity index (χ1) is 12.1.